The van der Waals surface area contributed by atoms with Crippen LogP contribution >= 0.6 is 0 Å². The molecule has 0 saturated carbocycles. The molecule has 96 valence electrons. The highest BCUT2D eigenvalue weighted by Crippen LogP contribution is 2.18. The maximum Gasteiger partial charge on any atom is 0.104 e. The van der Waals surface area contributed by atoms with Crippen LogP contribution in [0.25, 0.3) is 0 Å². The summed E-state index contributed by atoms with van der Waals surface area (Å²) in [6.07, 6.45) is 2.64. The summed E-state index contributed by atoms with van der Waals surface area (Å²) in [5.74, 6) is 6.47. The van der Waals surface area contributed by atoms with E-state index in [1.165, 1.54) is 31.5 Å². The van der Waals surface area contributed by atoms with Gasteiger partial charge in [-0.2, -0.15) is 0 Å². The van der Waals surface area contributed by atoms with Crippen molar-refractivity contribution in [1.29, 1.82) is 0 Å². The van der Waals surface area contributed by atoms with Crippen molar-refractivity contribution < 1.29 is 5.11 Å². The number of likely N-dealkylation sites (tertiary alicyclic amines) is 1. The first-order valence-electron chi connectivity index (χ1n) is 6.69. The van der Waals surface area contributed by atoms with Crippen LogP contribution in [0.15, 0.2) is 24.3 Å². The SMILES string of the molecule is CC1CCN(Cc2ccc(C#CCO)cc2)CC1. The number of piperidine rings is 1. The van der Waals surface area contributed by atoms with E-state index in [9.17, 15) is 0 Å². The Morgan fingerprint density at radius 3 is 2.50 bits per heavy atom. The zero-order valence-electron chi connectivity index (χ0n) is 11.0. The molecular formula is C16H21NO. The molecule has 1 aromatic carbocycles. The number of hydrogen-bond donors (Lipinski definition) is 1. The average Bonchev–Trinajstić information content (AvgIpc) is 2.41. The van der Waals surface area contributed by atoms with Crippen molar-refractivity contribution in [1.82, 2.24) is 4.90 Å². The Morgan fingerprint density at radius 2 is 1.89 bits per heavy atom. The highest BCUT2D eigenvalue weighted by Gasteiger charge is 2.15. The zero-order valence-corrected chi connectivity index (χ0v) is 11.0. The molecule has 1 fully saturated rings. The highest BCUT2D eigenvalue weighted by atomic mass is 16.2. The third-order valence-electron chi connectivity index (χ3n) is 3.55. The summed E-state index contributed by atoms with van der Waals surface area (Å²) in [5.41, 5.74) is 2.32. The second kappa shape index (κ2) is 6.58. The molecular weight excluding hydrogens is 222 g/mol. The van der Waals surface area contributed by atoms with E-state index in [-0.39, 0.29) is 6.61 Å². The van der Waals surface area contributed by atoms with Gasteiger partial charge in [-0.25, -0.2) is 0 Å². The molecule has 0 unspecified atom stereocenters. The average molecular weight is 243 g/mol. The number of aliphatic hydroxyl groups is 1. The minimum Gasteiger partial charge on any atom is -0.384 e. The number of aliphatic hydroxyl groups excluding tert-OH is 1. The quantitative estimate of drug-likeness (QED) is 0.805. The van der Waals surface area contributed by atoms with Gasteiger partial charge in [-0.1, -0.05) is 30.9 Å². The van der Waals surface area contributed by atoms with Crippen LogP contribution < -0.4 is 0 Å². The van der Waals surface area contributed by atoms with E-state index in [4.69, 9.17) is 5.11 Å². The molecule has 0 aliphatic carbocycles. The predicted octanol–water partition coefficient (Wildman–Crippen LogP) is 2.26. The Morgan fingerprint density at radius 1 is 1.22 bits per heavy atom. The fraction of sp³-hybridized carbons (Fsp3) is 0.500. The van der Waals surface area contributed by atoms with Crippen molar-refractivity contribution in [3.63, 3.8) is 0 Å². The van der Waals surface area contributed by atoms with Gasteiger partial charge in [0.25, 0.3) is 0 Å². The minimum atomic E-state index is -0.0757. The van der Waals surface area contributed by atoms with Gasteiger partial charge in [-0.3, -0.25) is 4.90 Å². The summed E-state index contributed by atoms with van der Waals surface area (Å²) in [6, 6.07) is 8.34. The molecule has 0 amide bonds. The van der Waals surface area contributed by atoms with Crippen molar-refractivity contribution in [2.45, 2.75) is 26.3 Å². The van der Waals surface area contributed by atoms with Gasteiger partial charge in [0, 0.05) is 12.1 Å². The van der Waals surface area contributed by atoms with E-state index in [0.29, 0.717) is 0 Å². The molecule has 0 atom stereocenters. The van der Waals surface area contributed by atoms with E-state index < -0.39 is 0 Å². The van der Waals surface area contributed by atoms with E-state index in [2.05, 4.69) is 35.8 Å². The molecule has 1 heterocycles. The molecule has 0 aromatic heterocycles. The summed E-state index contributed by atoms with van der Waals surface area (Å²) < 4.78 is 0. The lowest BCUT2D eigenvalue weighted by Gasteiger charge is -2.30. The Hall–Kier alpha value is -1.30. The van der Waals surface area contributed by atoms with Crippen molar-refractivity contribution in [3.05, 3.63) is 35.4 Å². The number of benzene rings is 1. The Balaban J connectivity index is 1.90. The van der Waals surface area contributed by atoms with Gasteiger partial charge < -0.3 is 5.11 Å². The summed E-state index contributed by atoms with van der Waals surface area (Å²) >= 11 is 0. The molecule has 1 aliphatic heterocycles. The van der Waals surface area contributed by atoms with Gasteiger partial charge in [0.1, 0.15) is 6.61 Å². The predicted molar refractivity (Wildman–Crippen MR) is 74.1 cm³/mol. The monoisotopic (exact) mass is 243 g/mol. The van der Waals surface area contributed by atoms with Crippen LogP contribution in [0.2, 0.25) is 0 Å². The third kappa shape index (κ3) is 3.87. The van der Waals surface area contributed by atoms with Crippen LogP contribution in [0.1, 0.15) is 30.9 Å². The van der Waals surface area contributed by atoms with Crippen molar-refractivity contribution >= 4 is 0 Å². The maximum atomic E-state index is 8.64. The van der Waals surface area contributed by atoms with Crippen LogP contribution in [0.5, 0.6) is 0 Å². The first-order chi connectivity index (χ1) is 8.78. The summed E-state index contributed by atoms with van der Waals surface area (Å²) in [4.78, 5) is 2.52. The van der Waals surface area contributed by atoms with Gasteiger partial charge in [0.05, 0.1) is 0 Å². The van der Waals surface area contributed by atoms with Gasteiger partial charge in [-0.05, 0) is 49.5 Å². The summed E-state index contributed by atoms with van der Waals surface area (Å²) in [7, 11) is 0. The molecule has 1 aromatic rings. The topological polar surface area (TPSA) is 23.5 Å². The van der Waals surface area contributed by atoms with Crippen molar-refractivity contribution in [2.24, 2.45) is 5.92 Å². The fourth-order valence-electron chi connectivity index (χ4n) is 2.31. The molecule has 18 heavy (non-hydrogen) atoms. The highest BCUT2D eigenvalue weighted by molar-refractivity contribution is 5.36. The van der Waals surface area contributed by atoms with Crippen LogP contribution in [-0.2, 0) is 6.54 Å². The third-order valence-corrected chi connectivity index (χ3v) is 3.55. The van der Waals surface area contributed by atoms with Crippen molar-refractivity contribution in [3.8, 4) is 11.8 Å². The zero-order chi connectivity index (χ0) is 12.8. The minimum absolute atomic E-state index is 0.0757. The molecule has 2 rings (SSSR count). The van der Waals surface area contributed by atoms with Crippen molar-refractivity contribution in [2.75, 3.05) is 19.7 Å². The fourth-order valence-corrected chi connectivity index (χ4v) is 2.31. The largest absolute Gasteiger partial charge is 0.384 e. The second-order valence-corrected chi connectivity index (χ2v) is 5.12. The molecule has 2 heteroatoms. The van der Waals surface area contributed by atoms with Crippen LogP contribution in [0.4, 0.5) is 0 Å². The molecule has 1 aliphatic rings. The first-order valence-corrected chi connectivity index (χ1v) is 6.69. The van der Waals surface area contributed by atoms with Gasteiger partial charge in [0.2, 0.25) is 0 Å². The molecule has 1 saturated heterocycles. The Bertz CT molecular complexity index is 419. The Kier molecular flexibility index (Phi) is 4.81. The van der Waals surface area contributed by atoms with Crippen LogP contribution in [0.3, 0.4) is 0 Å². The lowest BCUT2D eigenvalue weighted by atomic mass is 9.99. The summed E-state index contributed by atoms with van der Waals surface area (Å²) in [5, 5.41) is 8.64. The van der Waals surface area contributed by atoms with Gasteiger partial charge in [0.15, 0.2) is 0 Å². The van der Waals surface area contributed by atoms with E-state index >= 15 is 0 Å². The smallest absolute Gasteiger partial charge is 0.104 e. The molecule has 2 nitrogen and oxygen atoms in total. The second-order valence-electron chi connectivity index (χ2n) is 5.12. The number of rotatable bonds is 2. The number of hydrogen-bond acceptors (Lipinski definition) is 2. The summed E-state index contributed by atoms with van der Waals surface area (Å²) in [6.45, 7) is 5.74. The Labute approximate surface area is 110 Å². The maximum absolute atomic E-state index is 8.64. The number of nitrogens with zero attached hydrogens (tertiary/aromatic N) is 1. The lowest BCUT2D eigenvalue weighted by Crippen LogP contribution is -2.32. The lowest BCUT2D eigenvalue weighted by molar-refractivity contribution is 0.185. The van der Waals surface area contributed by atoms with E-state index in [0.717, 1.165) is 18.0 Å². The molecule has 0 radical (unpaired) electrons. The molecule has 0 bridgehead atoms. The van der Waals surface area contributed by atoms with E-state index in [1.54, 1.807) is 0 Å². The first kappa shape index (κ1) is 13.1. The standard InChI is InChI=1S/C16H21NO/c1-14-8-10-17(11-9-14)13-16-6-4-15(5-7-16)3-2-12-18/h4-7,14,18H,8-13H2,1H3. The van der Waals surface area contributed by atoms with E-state index in [1.807, 2.05) is 12.1 Å². The van der Waals surface area contributed by atoms with Gasteiger partial charge in [-0.15, -0.1) is 0 Å². The van der Waals surface area contributed by atoms with Gasteiger partial charge >= 0.3 is 0 Å². The normalized spacial score (nSPS) is 17.2. The molecule has 1 N–H and O–H groups in total. The van der Waals surface area contributed by atoms with Crippen LogP contribution in [0, 0.1) is 17.8 Å². The van der Waals surface area contributed by atoms with Crippen LogP contribution in [-0.4, -0.2) is 29.7 Å². The molecule has 0 spiro atoms.